The van der Waals surface area contributed by atoms with Crippen LogP contribution in [0.25, 0.3) is 5.78 Å². The summed E-state index contributed by atoms with van der Waals surface area (Å²) in [6.07, 6.45) is 6.90. The van der Waals surface area contributed by atoms with Gasteiger partial charge in [0.1, 0.15) is 0 Å². The van der Waals surface area contributed by atoms with Crippen molar-refractivity contribution in [3.63, 3.8) is 0 Å². The van der Waals surface area contributed by atoms with Crippen LogP contribution in [0, 0.1) is 5.92 Å². The van der Waals surface area contributed by atoms with Crippen molar-refractivity contribution >= 4 is 17.6 Å². The van der Waals surface area contributed by atoms with E-state index >= 15 is 0 Å². The summed E-state index contributed by atoms with van der Waals surface area (Å²) in [5.74, 6) is 0.313. The number of nitrogens with one attached hydrogen (secondary N) is 1. The molecule has 2 aromatic rings. The van der Waals surface area contributed by atoms with Crippen molar-refractivity contribution < 1.29 is 9.59 Å². The van der Waals surface area contributed by atoms with Gasteiger partial charge in [-0.05, 0) is 32.0 Å². The second-order valence-corrected chi connectivity index (χ2v) is 5.79. The van der Waals surface area contributed by atoms with E-state index in [-0.39, 0.29) is 24.3 Å². The molecule has 1 aliphatic heterocycles. The van der Waals surface area contributed by atoms with Crippen LogP contribution < -0.4 is 11.1 Å². The molecular weight excluding hydrogens is 296 g/mol. The first-order chi connectivity index (χ1) is 11.1. The Hall–Kier alpha value is -2.48. The molecule has 2 aromatic heterocycles. The maximum atomic E-state index is 12.2. The smallest absolute Gasteiger partial charge is 0.233 e. The van der Waals surface area contributed by atoms with Crippen LogP contribution in [0.1, 0.15) is 18.5 Å². The summed E-state index contributed by atoms with van der Waals surface area (Å²) in [6, 6.07) is 1.83. The molecule has 0 radical (unpaired) electrons. The lowest BCUT2D eigenvalue weighted by Gasteiger charge is -2.30. The Bertz CT molecular complexity index is 672. The molecule has 0 unspecified atom stereocenters. The van der Waals surface area contributed by atoms with Crippen molar-refractivity contribution in [3.05, 3.63) is 30.4 Å². The van der Waals surface area contributed by atoms with Gasteiger partial charge in [-0.25, -0.2) is 9.97 Å². The number of rotatable bonds is 5. The van der Waals surface area contributed by atoms with Crippen molar-refractivity contribution in [1.29, 1.82) is 0 Å². The third-order valence-corrected chi connectivity index (χ3v) is 4.07. The van der Waals surface area contributed by atoms with Gasteiger partial charge in [0.25, 0.3) is 0 Å². The summed E-state index contributed by atoms with van der Waals surface area (Å²) in [4.78, 5) is 33.6. The van der Waals surface area contributed by atoms with Gasteiger partial charge in [0.2, 0.25) is 17.6 Å². The topological polar surface area (TPSA) is 106 Å². The molecule has 2 amide bonds. The molecule has 3 heterocycles. The minimum atomic E-state index is -0.326. The number of nitrogens with zero attached hydrogens (tertiary/aromatic N) is 4. The minimum absolute atomic E-state index is 0.0192. The quantitative estimate of drug-likeness (QED) is 0.777. The predicted molar refractivity (Wildman–Crippen MR) is 83.2 cm³/mol. The highest BCUT2D eigenvalue weighted by molar-refractivity contribution is 5.79. The van der Waals surface area contributed by atoms with Crippen LogP contribution in [0.5, 0.6) is 0 Å². The number of likely N-dealkylation sites (tertiary alicyclic amines) is 1. The molecule has 0 atom stereocenters. The van der Waals surface area contributed by atoms with E-state index in [1.165, 1.54) is 0 Å². The Morgan fingerprint density at radius 1 is 1.35 bits per heavy atom. The van der Waals surface area contributed by atoms with Gasteiger partial charge in [-0.1, -0.05) is 0 Å². The zero-order valence-electron chi connectivity index (χ0n) is 12.8. The van der Waals surface area contributed by atoms with Crippen LogP contribution in [0.2, 0.25) is 0 Å². The molecule has 3 rings (SSSR count). The number of carbonyl (C=O) groups excluding carboxylic acids is 2. The molecule has 1 fully saturated rings. The zero-order valence-corrected chi connectivity index (χ0v) is 12.8. The van der Waals surface area contributed by atoms with Crippen LogP contribution >= 0.6 is 0 Å². The van der Waals surface area contributed by atoms with E-state index in [1.807, 2.05) is 27.8 Å². The summed E-state index contributed by atoms with van der Waals surface area (Å²) in [5, 5.41) is 2.93. The van der Waals surface area contributed by atoms with E-state index < -0.39 is 0 Å². The highest BCUT2D eigenvalue weighted by Crippen LogP contribution is 2.17. The van der Waals surface area contributed by atoms with Crippen molar-refractivity contribution in [2.75, 3.05) is 19.6 Å². The van der Waals surface area contributed by atoms with Gasteiger partial charge in [0, 0.05) is 24.5 Å². The SMILES string of the molecule is NC(=O)CN1CCC(C(=O)NCc2cn3cccnc3n2)CC1. The molecule has 3 N–H and O–H groups in total. The Morgan fingerprint density at radius 2 is 2.13 bits per heavy atom. The van der Waals surface area contributed by atoms with Gasteiger partial charge >= 0.3 is 0 Å². The van der Waals surface area contributed by atoms with Crippen LogP contribution in [0.4, 0.5) is 0 Å². The van der Waals surface area contributed by atoms with Gasteiger partial charge in [-0.3, -0.25) is 18.9 Å². The number of primary amides is 1. The summed E-state index contributed by atoms with van der Waals surface area (Å²) in [6.45, 7) is 2.10. The highest BCUT2D eigenvalue weighted by Gasteiger charge is 2.25. The number of aromatic nitrogens is 3. The molecule has 0 bridgehead atoms. The van der Waals surface area contributed by atoms with Crippen LogP contribution in [-0.2, 0) is 16.1 Å². The molecule has 1 saturated heterocycles. The Morgan fingerprint density at radius 3 is 2.83 bits per heavy atom. The maximum absolute atomic E-state index is 12.2. The highest BCUT2D eigenvalue weighted by atomic mass is 16.2. The molecule has 1 aliphatic rings. The van der Waals surface area contributed by atoms with E-state index in [9.17, 15) is 9.59 Å². The largest absolute Gasteiger partial charge is 0.369 e. The lowest BCUT2D eigenvalue weighted by molar-refractivity contribution is -0.126. The van der Waals surface area contributed by atoms with E-state index in [0.29, 0.717) is 12.3 Å². The minimum Gasteiger partial charge on any atom is -0.369 e. The molecule has 0 spiro atoms. The molecule has 0 aliphatic carbocycles. The number of hydrogen-bond acceptors (Lipinski definition) is 5. The number of amides is 2. The van der Waals surface area contributed by atoms with E-state index in [2.05, 4.69) is 15.3 Å². The first-order valence-corrected chi connectivity index (χ1v) is 7.69. The van der Waals surface area contributed by atoms with Gasteiger partial charge in [-0.2, -0.15) is 0 Å². The fraction of sp³-hybridized carbons (Fsp3) is 0.467. The van der Waals surface area contributed by atoms with Crippen molar-refractivity contribution in [1.82, 2.24) is 24.6 Å². The zero-order chi connectivity index (χ0) is 16.2. The standard InChI is InChI=1S/C15H20N6O2/c16-13(22)10-20-6-2-11(3-7-20)14(23)18-8-12-9-21-5-1-4-17-15(21)19-12/h1,4-5,9,11H,2-3,6-8,10H2,(H2,16,22)(H,18,23). The first-order valence-electron chi connectivity index (χ1n) is 7.69. The molecule has 8 nitrogen and oxygen atoms in total. The second-order valence-electron chi connectivity index (χ2n) is 5.79. The van der Waals surface area contributed by atoms with Gasteiger partial charge < -0.3 is 11.1 Å². The van der Waals surface area contributed by atoms with E-state index in [0.717, 1.165) is 31.6 Å². The number of fused-ring (bicyclic) bond motifs is 1. The summed E-state index contributed by atoms with van der Waals surface area (Å²) >= 11 is 0. The summed E-state index contributed by atoms with van der Waals surface area (Å²) in [7, 11) is 0. The number of hydrogen-bond donors (Lipinski definition) is 2. The monoisotopic (exact) mass is 316 g/mol. The lowest BCUT2D eigenvalue weighted by Crippen LogP contribution is -2.43. The molecule has 8 heteroatoms. The van der Waals surface area contributed by atoms with Gasteiger partial charge in [0.15, 0.2) is 0 Å². The molecule has 0 saturated carbocycles. The molecule has 0 aromatic carbocycles. The predicted octanol–water partition coefficient (Wildman–Crippen LogP) is -0.457. The van der Waals surface area contributed by atoms with Crippen LogP contribution in [0.3, 0.4) is 0 Å². The lowest BCUT2D eigenvalue weighted by atomic mass is 9.96. The van der Waals surface area contributed by atoms with E-state index in [4.69, 9.17) is 5.73 Å². The van der Waals surface area contributed by atoms with Crippen molar-refractivity contribution in [2.24, 2.45) is 11.7 Å². The first kappa shape index (κ1) is 15.4. The third kappa shape index (κ3) is 3.84. The van der Waals surface area contributed by atoms with Crippen molar-refractivity contribution in [3.8, 4) is 0 Å². The molecular formula is C15H20N6O2. The van der Waals surface area contributed by atoms with Gasteiger partial charge in [0.05, 0.1) is 18.8 Å². The normalized spacial score (nSPS) is 16.5. The van der Waals surface area contributed by atoms with Crippen molar-refractivity contribution in [2.45, 2.75) is 19.4 Å². The van der Waals surface area contributed by atoms with E-state index in [1.54, 1.807) is 6.20 Å². The summed E-state index contributed by atoms with van der Waals surface area (Å²) < 4.78 is 1.82. The Balaban J connectivity index is 1.49. The number of nitrogens with two attached hydrogens (primary N) is 1. The average Bonchev–Trinajstić information content (AvgIpc) is 2.95. The summed E-state index contributed by atoms with van der Waals surface area (Å²) in [5.41, 5.74) is 5.97. The molecule has 122 valence electrons. The third-order valence-electron chi connectivity index (χ3n) is 4.07. The number of piperidine rings is 1. The number of carbonyl (C=O) groups is 2. The van der Waals surface area contributed by atoms with Gasteiger partial charge in [-0.15, -0.1) is 0 Å². The fourth-order valence-corrected chi connectivity index (χ4v) is 2.86. The van der Waals surface area contributed by atoms with Crippen LogP contribution in [-0.4, -0.2) is 50.7 Å². The Labute approximate surface area is 133 Å². The Kier molecular flexibility index (Phi) is 4.52. The van der Waals surface area contributed by atoms with Crippen LogP contribution in [0.15, 0.2) is 24.7 Å². The molecule has 23 heavy (non-hydrogen) atoms. The maximum Gasteiger partial charge on any atom is 0.233 e. The second kappa shape index (κ2) is 6.74. The number of imidazole rings is 1. The fourth-order valence-electron chi connectivity index (χ4n) is 2.86. The average molecular weight is 316 g/mol.